The van der Waals surface area contributed by atoms with E-state index in [0.717, 1.165) is 58.5 Å². The van der Waals surface area contributed by atoms with E-state index in [2.05, 4.69) is 31.9 Å². The van der Waals surface area contributed by atoms with Gasteiger partial charge >= 0.3 is 0 Å². The summed E-state index contributed by atoms with van der Waals surface area (Å²) in [6, 6.07) is 10.0. The molecule has 2 aliphatic heterocycles. The lowest BCUT2D eigenvalue weighted by molar-refractivity contribution is 0.0609. The van der Waals surface area contributed by atoms with E-state index >= 15 is 0 Å². The van der Waals surface area contributed by atoms with Gasteiger partial charge in [-0.1, -0.05) is 19.1 Å². The molecule has 0 spiro atoms. The zero-order chi connectivity index (χ0) is 24.1. The number of nitrogens with zero attached hydrogens (tertiary/aromatic N) is 4. The monoisotopic (exact) mass is 467 g/mol. The minimum absolute atomic E-state index is 0.0644. The Morgan fingerprint density at radius 1 is 1.09 bits per heavy atom. The zero-order valence-corrected chi connectivity index (χ0v) is 20.3. The molecule has 8 heteroatoms. The van der Waals surface area contributed by atoms with Gasteiger partial charge in [0, 0.05) is 51.0 Å². The van der Waals surface area contributed by atoms with E-state index in [-0.39, 0.29) is 11.7 Å². The summed E-state index contributed by atoms with van der Waals surface area (Å²) < 4.78 is 0. The third kappa shape index (κ3) is 5.62. The first-order chi connectivity index (χ1) is 16.5. The predicted octanol–water partition coefficient (Wildman–Crippen LogP) is 2.81. The fourth-order valence-corrected chi connectivity index (χ4v) is 5.25. The Labute approximate surface area is 202 Å². The minimum Gasteiger partial charge on any atom is -0.508 e. The first-order valence-corrected chi connectivity index (χ1v) is 12.5. The van der Waals surface area contributed by atoms with Crippen LogP contribution in [0, 0.1) is 0 Å². The molecule has 1 aromatic heterocycles. The Balaban J connectivity index is 1.33. The van der Waals surface area contributed by atoms with E-state index in [1.54, 1.807) is 18.3 Å². The summed E-state index contributed by atoms with van der Waals surface area (Å²) in [5.74, 6) is 0.725. The Hall–Kier alpha value is -2.84. The maximum Gasteiger partial charge on any atom is 0.252 e. The molecule has 1 aromatic carbocycles. The fourth-order valence-electron chi connectivity index (χ4n) is 5.25. The summed E-state index contributed by atoms with van der Waals surface area (Å²) in [5, 5.41) is 22.8. The summed E-state index contributed by atoms with van der Waals surface area (Å²) >= 11 is 0. The van der Waals surface area contributed by atoms with Crippen LogP contribution in [0.4, 0.5) is 5.82 Å². The van der Waals surface area contributed by atoms with Crippen LogP contribution < -0.4 is 10.2 Å². The van der Waals surface area contributed by atoms with Gasteiger partial charge in [-0.15, -0.1) is 0 Å². The molecule has 0 aliphatic carbocycles. The molecular weight excluding hydrogens is 430 g/mol. The van der Waals surface area contributed by atoms with Crippen molar-refractivity contribution in [2.75, 3.05) is 44.2 Å². The number of carbonyl (C=O) groups is 1. The highest BCUT2D eigenvalue weighted by atomic mass is 16.3. The summed E-state index contributed by atoms with van der Waals surface area (Å²) in [5.41, 5.74) is 1.62. The molecule has 34 heavy (non-hydrogen) atoms. The highest BCUT2D eigenvalue weighted by molar-refractivity contribution is 5.94. The van der Waals surface area contributed by atoms with Crippen molar-refractivity contribution in [1.29, 1.82) is 0 Å². The quantitative estimate of drug-likeness (QED) is 0.577. The molecule has 2 aliphatic rings. The minimum atomic E-state index is -0.218. The molecule has 2 fully saturated rings. The van der Waals surface area contributed by atoms with Crippen LogP contribution in [-0.4, -0.2) is 82.3 Å². The van der Waals surface area contributed by atoms with Gasteiger partial charge in [-0.3, -0.25) is 14.6 Å². The molecule has 0 bridgehead atoms. The number of amides is 1. The van der Waals surface area contributed by atoms with Gasteiger partial charge < -0.3 is 20.4 Å². The van der Waals surface area contributed by atoms with E-state index in [9.17, 15) is 15.0 Å². The maximum atomic E-state index is 12.0. The SMILES string of the molecule is CCNC(=O)c1cnc(N2CCN(C3CCN(Cc4ccc(O)cc4)CC3)C(CC)C2)c(O)c1. The van der Waals surface area contributed by atoms with Crippen molar-refractivity contribution in [3.63, 3.8) is 0 Å². The number of nitrogens with one attached hydrogen (secondary N) is 1. The van der Waals surface area contributed by atoms with Gasteiger partial charge in [0.25, 0.3) is 5.91 Å². The van der Waals surface area contributed by atoms with Crippen LogP contribution in [0.2, 0.25) is 0 Å². The summed E-state index contributed by atoms with van der Waals surface area (Å²) in [6.45, 7) is 10.3. The molecule has 184 valence electrons. The molecular formula is C26H37N5O3. The van der Waals surface area contributed by atoms with Crippen LogP contribution in [0.25, 0.3) is 0 Å². The first-order valence-electron chi connectivity index (χ1n) is 12.5. The van der Waals surface area contributed by atoms with E-state index in [4.69, 9.17) is 0 Å². The molecule has 1 amide bonds. The molecule has 8 nitrogen and oxygen atoms in total. The number of benzene rings is 1. The second-order valence-electron chi connectivity index (χ2n) is 9.35. The van der Waals surface area contributed by atoms with Crippen molar-refractivity contribution >= 4 is 11.7 Å². The highest BCUT2D eigenvalue weighted by Crippen LogP contribution is 2.30. The van der Waals surface area contributed by atoms with E-state index in [0.29, 0.717) is 35.8 Å². The number of anilines is 1. The molecule has 4 rings (SSSR count). The largest absolute Gasteiger partial charge is 0.508 e. The number of rotatable bonds is 7. The van der Waals surface area contributed by atoms with Gasteiger partial charge in [0.05, 0.1) is 5.56 Å². The molecule has 1 unspecified atom stereocenters. The number of likely N-dealkylation sites (tertiary alicyclic amines) is 1. The zero-order valence-electron chi connectivity index (χ0n) is 20.3. The van der Waals surface area contributed by atoms with Crippen molar-refractivity contribution in [3.8, 4) is 11.5 Å². The maximum absolute atomic E-state index is 12.0. The van der Waals surface area contributed by atoms with Gasteiger partial charge in [0.15, 0.2) is 11.6 Å². The van der Waals surface area contributed by atoms with Crippen molar-refractivity contribution in [2.24, 2.45) is 0 Å². The average Bonchev–Trinajstić information content (AvgIpc) is 2.85. The molecule has 0 saturated carbocycles. The van der Waals surface area contributed by atoms with Gasteiger partial charge in [-0.2, -0.15) is 0 Å². The Bertz CT molecular complexity index is 959. The summed E-state index contributed by atoms with van der Waals surface area (Å²) in [7, 11) is 0. The van der Waals surface area contributed by atoms with Crippen molar-refractivity contribution in [1.82, 2.24) is 20.1 Å². The number of piperazine rings is 1. The Morgan fingerprint density at radius 3 is 2.47 bits per heavy atom. The number of hydrogen-bond donors (Lipinski definition) is 3. The van der Waals surface area contributed by atoms with Crippen LogP contribution in [0.3, 0.4) is 0 Å². The van der Waals surface area contributed by atoms with Crippen LogP contribution in [0.15, 0.2) is 36.5 Å². The Morgan fingerprint density at radius 2 is 1.82 bits per heavy atom. The second-order valence-corrected chi connectivity index (χ2v) is 9.35. The molecule has 0 radical (unpaired) electrons. The number of carbonyl (C=O) groups excluding carboxylic acids is 1. The average molecular weight is 468 g/mol. The third-order valence-corrected chi connectivity index (χ3v) is 7.11. The molecule has 3 heterocycles. The van der Waals surface area contributed by atoms with E-state index in [1.165, 1.54) is 11.6 Å². The standard InChI is InChI=1S/C26H37N5O3/c1-3-21-18-30(25-24(33)15-20(16-28-25)26(34)27-4-2)13-14-31(21)22-9-11-29(12-10-22)17-19-5-7-23(32)8-6-19/h5-8,15-16,21-22,32-33H,3-4,9-14,17-18H2,1-2H3,(H,27,34). The van der Waals surface area contributed by atoms with Crippen molar-refractivity contribution < 1.29 is 15.0 Å². The van der Waals surface area contributed by atoms with E-state index in [1.807, 2.05) is 19.1 Å². The van der Waals surface area contributed by atoms with Gasteiger partial charge in [0.1, 0.15) is 5.75 Å². The van der Waals surface area contributed by atoms with E-state index < -0.39 is 0 Å². The van der Waals surface area contributed by atoms with Gasteiger partial charge in [-0.05, 0) is 63.0 Å². The number of hydrogen-bond acceptors (Lipinski definition) is 7. The van der Waals surface area contributed by atoms with Gasteiger partial charge in [0.2, 0.25) is 0 Å². The first kappa shape index (κ1) is 24.3. The fraction of sp³-hybridized carbons (Fsp3) is 0.538. The number of aromatic nitrogens is 1. The highest BCUT2D eigenvalue weighted by Gasteiger charge is 2.34. The van der Waals surface area contributed by atoms with Gasteiger partial charge in [-0.25, -0.2) is 4.98 Å². The van der Waals surface area contributed by atoms with Crippen LogP contribution in [0.1, 0.15) is 49.0 Å². The lowest BCUT2D eigenvalue weighted by Gasteiger charge is -2.47. The number of phenols is 1. The topological polar surface area (TPSA) is 92.2 Å². The number of phenolic OH excluding ortho intramolecular Hbond substituents is 1. The third-order valence-electron chi connectivity index (χ3n) is 7.11. The smallest absolute Gasteiger partial charge is 0.252 e. The predicted molar refractivity (Wildman–Crippen MR) is 133 cm³/mol. The summed E-state index contributed by atoms with van der Waals surface area (Å²) in [4.78, 5) is 23.8. The normalized spacial score (nSPS) is 20.4. The summed E-state index contributed by atoms with van der Waals surface area (Å²) in [6.07, 6.45) is 4.90. The number of aromatic hydroxyl groups is 2. The lowest BCUT2D eigenvalue weighted by Crippen LogP contribution is -2.58. The second kappa shape index (κ2) is 11.1. The van der Waals surface area contributed by atoms with Crippen LogP contribution in [-0.2, 0) is 6.54 Å². The molecule has 1 atom stereocenters. The van der Waals surface area contributed by atoms with Crippen LogP contribution in [0.5, 0.6) is 11.5 Å². The molecule has 2 saturated heterocycles. The van der Waals surface area contributed by atoms with Crippen LogP contribution >= 0.6 is 0 Å². The van der Waals surface area contributed by atoms with Crippen molar-refractivity contribution in [2.45, 2.75) is 51.7 Å². The molecule has 2 aromatic rings. The number of pyridine rings is 1. The lowest BCUT2D eigenvalue weighted by atomic mass is 9.97. The number of piperidine rings is 1. The molecule has 3 N–H and O–H groups in total. The van der Waals surface area contributed by atoms with Crippen molar-refractivity contribution in [3.05, 3.63) is 47.7 Å². The Kier molecular flexibility index (Phi) is 7.90.